The van der Waals surface area contributed by atoms with Crippen LogP contribution in [0.2, 0.25) is 0 Å². The Labute approximate surface area is 211 Å². The van der Waals surface area contributed by atoms with Crippen LogP contribution >= 0.6 is 0 Å². The van der Waals surface area contributed by atoms with Crippen LogP contribution < -0.4 is 5.32 Å². The molecule has 0 spiro atoms. The summed E-state index contributed by atoms with van der Waals surface area (Å²) in [6.07, 6.45) is -8.42. The second-order valence-corrected chi connectivity index (χ2v) is 9.17. The molecular weight excluding hydrogens is 496 g/mol. The van der Waals surface area contributed by atoms with E-state index in [9.17, 15) is 31.1 Å². The van der Waals surface area contributed by atoms with Gasteiger partial charge in [0.05, 0.1) is 24.2 Å². The van der Waals surface area contributed by atoms with Gasteiger partial charge in [-0.2, -0.15) is 26.3 Å². The summed E-state index contributed by atoms with van der Waals surface area (Å²) in [7, 11) is 1.29. The Morgan fingerprint density at radius 2 is 1.35 bits per heavy atom. The lowest BCUT2D eigenvalue weighted by atomic mass is 9.88. The van der Waals surface area contributed by atoms with Crippen LogP contribution in [0.3, 0.4) is 0 Å². The molecule has 0 radical (unpaired) electrons. The molecule has 0 unspecified atom stereocenters. The van der Waals surface area contributed by atoms with Crippen molar-refractivity contribution >= 4 is 11.7 Å². The number of carbonyl (C=O) groups is 1. The highest BCUT2D eigenvalue weighted by Crippen LogP contribution is 2.35. The largest absolute Gasteiger partial charge is 0.469 e. The number of ether oxygens (including phenoxy) is 1. The van der Waals surface area contributed by atoms with Crippen molar-refractivity contribution in [1.29, 1.82) is 0 Å². The lowest BCUT2D eigenvalue weighted by Gasteiger charge is -2.20. The number of nitrogens with one attached hydrogen (secondary N) is 1. The maximum Gasteiger partial charge on any atom is 0.416 e. The fourth-order valence-electron chi connectivity index (χ4n) is 3.97. The Morgan fingerprint density at radius 3 is 1.84 bits per heavy atom. The molecule has 0 saturated heterocycles. The van der Waals surface area contributed by atoms with E-state index in [0.29, 0.717) is 34.4 Å². The first kappa shape index (κ1) is 28.1. The molecule has 1 atom stereocenters. The zero-order valence-corrected chi connectivity index (χ0v) is 20.5. The first-order valence-corrected chi connectivity index (χ1v) is 11.6. The molecule has 0 bridgehead atoms. The maximum absolute atomic E-state index is 13.0. The summed E-state index contributed by atoms with van der Waals surface area (Å²) in [6, 6.07) is 14.6. The number of alkyl halides is 6. The van der Waals surface area contributed by atoms with E-state index in [-0.39, 0.29) is 12.5 Å². The van der Waals surface area contributed by atoms with Crippen molar-refractivity contribution in [2.24, 2.45) is 5.92 Å². The first-order chi connectivity index (χ1) is 17.3. The standard InChI is InChI=1S/C28H27F6NO2/c1-17(2)12-25(26(36)37-3)21-13-20(19-6-10-23(11-7-19)28(32,33)34)14-24(15-21)35-16-18-4-8-22(9-5-18)27(29,30)31/h4-11,13-15,17,25,35H,12,16H2,1-3H3/t25-/m1/s1. The molecule has 0 aliphatic heterocycles. The molecular formula is C28H27F6NO2. The van der Waals surface area contributed by atoms with E-state index in [0.717, 1.165) is 24.3 Å². The smallest absolute Gasteiger partial charge is 0.416 e. The summed E-state index contributed by atoms with van der Waals surface area (Å²) in [5.74, 6) is -0.889. The van der Waals surface area contributed by atoms with Crippen molar-refractivity contribution in [3.05, 3.63) is 89.0 Å². The highest BCUT2D eigenvalue weighted by molar-refractivity contribution is 5.80. The van der Waals surface area contributed by atoms with Crippen molar-refractivity contribution in [3.8, 4) is 11.1 Å². The highest BCUT2D eigenvalue weighted by atomic mass is 19.4. The predicted molar refractivity (Wildman–Crippen MR) is 130 cm³/mol. The molecule has 198 valence electrons. The predicted octanol–water partition coefficient (Wildman–Crippen LogP) is 8.31. The monoisotopic (exact) mass is 523 g/mol. The number of hydrogen-bond donors (Lipinski definition) is 1. The zero-order chi connectivity index (χ0) is 27.4. The summed E-state index contributed by atoms with van der Waals surface area (Å²) in [5.41, 5.74) is 1.34. The van der Waals surface area contributed by atoms with Gasteiger partial charge in [-0.3, -0.25) is 4.79 Å². The van der Waals surface area contributed by atoms with Gasteiger partial charge >= 0.3 is 18.3 Å². The number of anilines is 1. The van der Waals surface area contributed by atoms with Gasteiger partial charge in [-0.15, -0.1) is 0 Å². The average molecular weight is 524 g/mol. The number of halogens is 6. The van der Waals surface area contributed by atoms with Gasteiger partial charge in [-0.05, 0) is 71.0 Å². The minimum atomic E-state index is -4.47. The van der Waals surface area contributed by atoms with Crippen LogP contribution in [0.15, 0.2) is 66.7 Å². The Balaban J connectivity index is 1.98. The van der Waals surface area contributed by atoms with E-state index in [1.807, 2.05) is 13.8 Å². The summed E-state index contributed by atoms with van der Waals surface area (Å²) < 4.78 is 82.7. The zero-order valence-electron chi connectivity index (χ0n) is 20.5. The molecule has 0 heterocycles. The molecule has 0 aromatic heterocycles. The fourth-order valence-corrected chi connectivity index (χ4v) is 3.97. The minimum Gasteiger partial charge on any atom is -0.469 e. The van der Waals surface area contributed by atoms with Crippen molar-refractivity contribution in [2.45, 2.75) is 45.1 Å². The van der Waals surface area contributed by atoms with Crippen LogP contribution in [-0.2, 0) is 28.4 Å². The van der Waals surface area contributed by atoms with Crippen LogP contribution in [0.4, 0.5) is 32.0 Å². The van der Waals surface area contributed by atoms with Gasteiger partial charge in [0, 0.05) is 12.2 Å². The SMILES string of the molecule is COC(=O)[C@H](CC(C)C)c1cc(NCc2ccc(C(F)(F)F)cc2)cc(-c2ccc(C(F)(F)F)cc2)c1. The lowest BCUT2D eigenvalue weighted by Crippen LogP contribution is -2.17. The summed E-state index contributed by atoms with van der Waals surface area (Å²) in [4.78, 5) is 12.6. The molecule has 3 nitrogen and oxygen atoms in total. The van der Waals surface area contributed by atoms with Crippen LogP contribution in [0.5, 0.6) is 0 Å². The summed E-state index contributed by atoms with van der Waals surface area (Å²) in [5, 5.41) is 3.16. The number of hydrogen-bond acceptors (Lipinski definition) is 3. The first-order valence-electron chi connectivity index (χ1n) is 11.6. The Hall–Kier alpha value is -3.49. The molecule has 0 aliphatic rings. The van der Waals surface area contributed by atoms with E-state index in [1.165, 1.54) is 31.4 Å². The number of methoxy groups -OCH3 is 1. The number of carbonyl (C=O) groups excluding carboxylic acids is 1. The minimum absolute atomic E-state index is 0.155. The third-order valence-electron chi connectivity index (χ3n) is 5.87. The Morgan fingerprint density at radius 1 is 0.811 bits per heavy atom. The quantitative estimate of drug-likeness (QED) is 0.238. The van der Waals surface area contributed by atoms with Gasteiger partial charge in [0.15, 0.2) is 0 Å². The molecule has 1 N–H and O–H groups in total. The van der Waals surface area contributed by atoms with Gasteiger partial charge in [0.2, 0.25) is 0 Å². The molecule has 0 fully saturated rings. The van der Waals surface area contributed by atoms with Crippen LogP contribution in [0.25, 0.3) is 11.1 Å². The number of esters is 1. The van der Waals surface area contributed by atoms with E-state index in [4.69, 9.17) is 4.74 Å². The number of rotatable bonds is 8. The number of benzene rings is 3. The van der Waals surface area contributed by atoms with Gasteiger partial charge in [0.25, 0.3) is 0 Å². The Bertz CT molecular complexity index is 1200. The maximum atomic E-state index is 13.0. The molecule has 9 heteroatoms. The topological polar surface area (TPSA) is 38.3 Å². The molecule has 3 rings (SSSR count). The van der Waals surface area contributed by atoms with Gasteiger partial charge in [-0.25, -0.2) is 0 Å². The second-order valence-electron chi connectivity index (χ2n) is 9.17. The summed E-state index contributed by atoms with van der Waals surface area (Å²) >= 11 is 0. The average Bonchev–Trinajstić information content (AvgIpc) is 2.84. The molecule has 3 aromatic carbocycles. The van der Waals surface area contributed by atoms with Crippen molar-refractivity contribution in [1.82, 2.24) is 0 Å². The van der Waals surface area contributed by atoms with Crippen LogP contribution in [-0.4, -0.2) is 13.1 Å². The molecule has 37 heavy (non-hydrogen) atoms. The van der Waals surface area contributed by atoms with E-state index in [2.05, 4.69) is 5.32 Å². The van der Waals surface area contributed by atoms with E-state index < -0.39 is 35.4 Å². The highest BCUT2D eigenvalue weighted by Gasteiger charge is 2.31. The van der Waals surface area contributed by atoms with E-state index in [1.54, 1.807) is 18.2 Å². The van der Waals surface area contributed by atoms with Gasteiger partial charge < -0.3 is 10.1 Å². The second kappa shape index (κ2) is 11.3. The Kier molecular flexibility index (Phi) is 8.56. The van der Waals surface area contributed by atoms with Crippen LogP contribution in [0, 0.1) is 5.92 Å². The molecule has 3 aromatic rings. The third-order valence-corrected chi connectivity index (χ3v) is 5.87. The van der Waals surface area contributed by atoms with Gasteiger partial charge in [-0.1, -0.05) is 44.2 Å². The normalized spacial score (nSPS) is 12.9. The molecule has 0 amide bonds. The summed E-state index contributed by atoms with van der Waals surface area (Å²) in [6.45, 7) is 4.11. The molecule has 0 saturated carbocycles. The van der Waals surface area contributed by atoms with Crippen LogP contribution in [0.1, 0.15) is 48.4 Å². The lowest BCUT2D eigenvalue weighted by molar-refractivity contribution is -0.143. The third kappa shape index (κ3) is 7.50. The van der Waals surface area contributed by atoms with Crippen molar-refractivity contribution in [3.63, 3.8) is 0 Å². The van der Waals surface area contributed by atoms with Crippen molar-refractivity contribution in [2.75, 3.05) is 12.4 Å². The van der Waals surface area contributed by atoms with Crippen molar-refractivity contribution < 1.29 is 35.9 Å². The van der Waals surface area contributed by atoms with E-state index >= 15 is 0 Å². The fraction of sp³-hybridized carbons (Fsp3) is 0.321. The van der Waals surface area contributed by atoms with Gasteiger partial charge in [0.1, 0.15) is 0 Å². The molecule has 0 aliphatic carbocycles.